The predicted molar refractivity (Wildman–Crippen MR) is 105 cm³/mol. The zero-order chi connectivity index (χ0) is 17.8. The first-order valence-electron chi connectivity index (χ1n) is 8.56. The third-order valence-electron chi connectivity index (χ3n) is 4.40. The second-order valence-corrected chi connectivity index (χ2v) is 7.04. The summed E-state index contributed by atoms with van der Waals surface area (Å²) in [5.41, 5.74) is 2.71. The van der Waals surface area contributed by atoms with Crippen molar-refractivity contribution in [3.05, 3.63) is 80.8 Å². The number of fused-ring (bicyclic) bond motifs is 1. The van der Waals surface area contributed by atoms with Crippen molar-refractivity contribution in [1.29, 1.82) is 0 Å². The van der Waals surface area contributed by atoms with E-state index in [9.17, 15) is 4.79 Å². The molecule has 0 aliphatic rings. The minimum atomic E-state index is -0.0365. The maximum absolute atomic E-state index is 12.3. The Morgan fingerprint density at radius 3 is 2.72 bits per heavy atom. The highest BCUT2D eigenvalue weighted by Gasteiger charge is 2.18. The molecule has 4 nitrogen and oxygen atoms in total. The monoisotopic (exact) mass is 399 g/mol. The standard InChI is InChI=1S/C20H22BrN3O/c1-3-11-23(15(2)17-8-4-5-9-18(17)21)14-16-13-20(25)24-12-7-6-10-19(24)22-16/h4-10,12-13,15H,3,11,14H2,1-2H3. The van der Waals surface area contributed by atoms with Crippen molar-refractivity contribution in [3.63, 3.8) is 0 Å². The molecule has 130 valence electrons. The van der Waals surface area contributed by atoms with E-state index in [1.807, 2.05) is 24.3 Å². The lowest BCUT2D eigenvalue weighted by molar-refractivity contribution is 0.199. The normalized spacial score (nSPS) is 12.6. The Balaban J connectivity index is 1.92. The Hall–Kier alpha value is -1.98. The van der Waals surface area contributed by atoms with Gasteiger partial charge in [-0.1, -0.05) is 47.1 Å². The molecule has 5 heteroatoms. The number of nitrogens with zero attached hydrogens (tertiary/aromatic N) is 3. The molecule has 1 unspecified atom stereocenters. The molecule has 0 spiro atoms. The molecule has 0 fully saturated rings. The van der Waals surface area contributed by atoms with Gasteiger partial charge in [0.1, 0.15) is 5.65 Å². The van der Waals surface area contributed by atoms with Crippen molar-refractivity contribution in [1.82, 2.24) is 14.3 Å². The van der Waals surface area contributed by atoms with Crippen LogP contribution in [0.1, 0.15) is 37.6 Å². The molecule has 2 aromatic heterocycles. The SMILES string of the molecule is CCCN(Cc1cc(=O)n2ccccc2n1)C(C)c1ccccc1Br. The van der Waals surface area contributed by atoms with Gasteiger partial charge in [-0.05, 0) is 43.7 Å². The van der Waals surface area contributed by atoms with E-state index in [4.69, 9.17) is 0 Å². The number of hydrogen-bond acceptors (Lipinski definition) is 3. The van der Waals surface area contributed by atoms with Crippen LogP contribution in [0.5, 0.6) is 0 Å². The van der Waals surface area contributed by atoms with Crippen molar-refractivity contribution >= 4 is 21.6 Å². The van der Waals surface area contributed by atoms with Gasteiger partial charge in [0.2, 0.25) is 0 Å². The van der Waals surface area contributed by atoms with Gasteiger partial charge in [0.15, 0.2) is 0 Å². The maximum atomic E-state index is 12.3. The summed E-state index contributed by atoms with van der Waals surface area (Å²) in [5.74, 6) is 0. The van der Waals surface area contributed by atoms with Gasteiger partial charge in [-0.25, -0.2) is 4.98 Å². The second kappa shape index (κ2) is 7.93. The quantitative estimate of drug-likeness (QED) is 0.615. The lowest BCUT2D eigenvalue weighted by atomic mass is 10.1. The summed E-state index contributed by atoms with van der Waals surface area (Å²) < 4.78 is 2.68. The number of pyridine rings is 1. The van der Waals surface area contributed by atoms with Crippen molar-refractivity contribution < 1.29 is 0 Å². The molecular weight excluding hydrogens is 378 g/mol. The van der Waals surface area contributed by atoms with Crippen molar-refractivity contribution in [2.24, 2.45) is 0 Å². The number of aromatic nitrogens is 2. The van der Waals surface area contributed by atoms with E-state index in [1.54, 1.807) is 16.7 Å². The topological polar surface area (TPSA) is 37.6 Å². The highest BCUT2D eigenvalue weighted by atomic mass is 79.9. The van der Waals surface area contributed by atoms with E-state index in [0.29, 0.717) is 12.2 Å². The highest BCUT2D eigenvalue weighted by molar-refractivity contribution is 9.10. The third kappa shape index (κ3) is 3.99. The minimum absolute atomic E-state index is 0.0365. The largest absolute Gasteiger partial charge is 0.291 e. The molecule has 0 aliphatic carbocycles. The van der Waals surface area contributed by atoms with Crippen LogP contribution in [0.25, 0.3) is 5.65 Å². The molecule has 0 amide bonds. The molecule has 3 aromatic rings. The average molecular weight is 400 g/mol. The Morgan fingerprint density at radius 1 is 1.20 bits per heavy atom. The lowest BCUT2D eigenvalue weighted by Crippen LogP contribution is -2.29. The van der Waals surface area contributed by atoms with Crippen LogP contribution in [0.3, 0.4) is 0 Å². The Bertz CT molecular complexity index is 922. The van der Waals surface area contributed by atoms with Crippen molar-refractivity contribution in [3.8, 4) is 0 Å². The van der Waals surface area contributed by atoms with Gasteiger partial charge in [0.25, 0.3) is 5.56 Å². The first-order chi connectivity index (χ1) is 12.1. The molecule has 0 N–H and O–H groups in total. The van der Waals surface area contributed by atoms with Crippen molar-refractivity contribution in [2.75, 3.05) is 6.54 Å². The van der Waals surface area contributed by atoms with Gasteiger partial charge in [-0.15, -0.1) is 0 Å². The van der Waals surface area contributed by atoms with E-state index in [-0.39, 0.29) is 11.6 Å². The van der Waals surface area contributed by atoms with Gasteiger partial charge >= 0.3 is 0 Å². The highest BCUT2D eigenvalue weighted by Crippen LogP contribution is 2.28. The molecule has 1 aromatic carbocycles. The summed E-state index contributed by atoms with van der Waals surface area (Å²) in [5, 5.41) is 0. The van der Waals surface area contributed by atoms with Gasteiger partial charge in [0.05, 0.1) is 5.69 Å². The number of halogens is 1. The van der Waals surface area contributed by atoms with Crippen LogP contribution in [0.4, 0.5) is 0 Å². The van der Waals surface area contributed by atoms with Crippen LogP contribution in [0.15, 0.2) is 64.0 Å². The van der Waals surface area contributed by atoms with E-state index < -0.39 is 0 Å². The number of benzene rings is 1. The molecule has 0 bridgehead atoms. The molecule has 3 rings (SSSR count). The lowest BCUT2D eigenvalue weighted by Gasteiger charge is -2.29. The summed E-state index contributed by atoms with van der Waals surface area (Å²) in [6.45, 7) is 5.96. The zero-order valence-electron chi connectivity index (χ0n) is 14.5. The second-order valence-electron chi connectivity index (χ2n) is 6.18. The van der Waals surface area contributed by atoms with Crippen LogP contribution < -0.4 is 5.56 Å². The Kier molecular flexibility index (Phi) is 5.66. The minimum Gasteiger partial charge on any atom is -0.291 e. The molecule has 2 heterocycles. The van der Waals surface area contributed by atoms with E-state index in [2.05, 4.69) is 57.9 Å². The molecule has 0 aliphatic heterocycles. The van der Waals surface area contributed by atoms with Crippen LogP contribution >= 0.6 is 15.9 Å². The van der Waals surface area contributed by atoms with E-state index in [0.717, 1.165) is 23.1 Å². The van der Waals surface area contributed by atoms with Gasteiger partial charge < -0.3 is 0 Å². The molecule has 0 saturated heterocycles. The predicted octanol–water partition coefficient (Wildman–Crippen LogP) is 4.43. The Morgan fingerprint density at radius 2 is 1.96 bits per heavy atom. The molecule has 25 heavy (non-hydrogen) atoms. The molecular formula is C20H22BrN3O. The molecule has 0 radical (unpaired) electrons. The molecule has 0 saturated carbocycles. The van der Waals surface area contributed by atoms with E-state index >= 15 is 0 Å². The maximum Gasteiger partial charge on any atom is 0.258 e. The smallest absolute Gasteiger partial charge is 0.258 e. The first-order valence-corrected chi connectivity index (χ1v) is 9.35. The van der Waals surface area contributed by atoms with Crippen LogP contribution in [-0.2, 0) is 6.54 Å². The first kappa shape index (κ1) is 17.8. The summed E-state index contributed by atoms with van der Waals surface area (Å²) in [7, 11) is 0. The fourth-order valence-electron chi connectivity index (χ4n) is 3.10. The summed E-state index contributed by atoms with van der Waals surface area (Å²) >= 11 is 3.65. The van der Waals surface area contributed by atoms with Gasteiger partial charge in [-0.2, -0.15) is 0 Å². The van der Waals surface area contributed by atoms with Crippen LogP contribution in [-0.4, -0.2) is 20.8 Å². The third-order valence-corrected chi connectivity index (χ3v) is 5.13. The fourth-order valence-corrected chi connectivity index (χ4v) is 3.72. The van der Waals surface area contributed by atoms with E-state index in [1.165, 1.54) is 5.56 Å². The fraction of sp³-hybridized carbons (Fsp3) is 0.300. The number of rotatable bonds is 6. The average Bonchev–Trinajstić information content (AvgIpc) is 2.61. The summed E-state index contributed by atoms with van der Waals surface area (Å²) in [6, 6.07) is 15.8. The van der Waals surface area contributed by atoms with Crippen LogP contribution in [0.2, 0.25) is 0 Å². The zero-order valence-corrected chi connectivity index (χ0v) is 16.1. The van der Waals surface area contributed by atoms with Gasteiger partial charge in [0, 0.05) is 29.3 Å². The van der Waals surface area contributed by atoms with Crippen LogP contribution in [0, 0.1) is 0 Å². The van der Waals surface area contributed by atoms with Crippen molar-refractivity contribution in [2.45, 2.75) is 32.9 Å². The number of hydrogen-bond donors (Lipinski definition) is 0. The summed E-state index contributed by atoms with van der Waals surface area (Å²) in [6.07, 6.45) is 2.79. The van der Waals surface area contributed by atoms with Gasteiger partial charge in [-0.3, -0.25) is 14.1 Å². The molecule has 1 atom stereocenters. The Labute approximate surface area is 156 Å². The summed E-state index contributed by atoms with van der Waals surface area (Å²) in [4.78, 5) is 19.4.